The first kappa shape index (κ1) is 17.5. The number of hydrogen-bond donors (Lipinski definition) is 3. The van der Waals surface area contributed by atoms with Gasteiger partial charge in [0.15, 0.2) is 0 Å². The molecule has 21 heavy (non-hydrogen) atoms. The van der Waals surface area contributed by atoms with Crippen LogP contribution in [-0.4, -0.2) is 32.3 Å². The molecule has 0 bridgehead atoms. The second-order valence-corrected chi connectivity index (χ2v) is 4.84. The Morgan fingerprint density at radius 2 is 2.14 bits per heavy atom. The lowest BCUT2D eigenvalue weighted by atomic mass is 10.1. The number of rotatable bonds is 9. The third-order valence-corrected chi connectivity index (χ3v) is 3.11. The fourth-order valence-corrected chi connectivity index (χ4v) is 2.01. The largest absolute Gasteiger partial charge is 0.382 e. The number of anilines is 1. The molecule has 0 aliphatic heterocycles. The van der Waals surface area contributed by atoms with Crippen molar-refractivity contribution in [3.63, 3.8) is 0 Å². The minimum atomic E-state index is -0.181. The summed E-state index contributed by atoms with van der Waals surface area (Å²) in [5, 5.41) is 9.02. The van der Waals surface area contributed by atoms with Crippen molar-refractivity contribution in [3.8, 4) is 0 Å². The molecule has 1 rings (SSSR count). The molecule has 3 N–H and O–H groups in total. The van der Waals surface area contributed by atoms with Crippen LogP contribution in [0.5, 0.6) is 0 Å². The van der Waals surface area contributed by atoms with Crippen molar-refractivity contribution in [2.24, 2.45) is 0 Å². The monoisotopic (exact) mass is 293 g/mol. The molecule has 118 valence electrons. The van der Waals surface area contributed by atoms with Gasteiger partial charge in [-0.1, -0.05) is 19.1 Å². The van der Waals surface area contributed by atoms with Gasteiger partial charge in [0.2, 0.25) is 0 Å². The van der Waals surface area contributed by atoms with Crippen molar-refractivity contribution in [1.82, 2.24) is 10.6 Å². The maximum absolute atomic E-state index is 11.8. The van der Waals surface area contributed by atoms with Gasteiger partial charge < -0.3 is 20.7 Å². The van der Waals surface area contributed by atoms with Crippen molar-refractivity contribution >= 4 is 11.7 Å². The number of carbonyl (C=O) groups excluding carboxylic acids is 1. The number of ether oxygens (including phenoxy) is 1. The van der Waals surface area contributed by atoms with E-state index in [2.05, 4.69) is 35.9 Å². The van der Waals surface area contributed by atoms with E-state index in [9.17, 15) is 4.79 Å². The number of amides is 2. The van der Waals surface area contributed by atoms with Gasteiger partial charge in [-0.25, -0.2) is 4.79 Å². The Hall–Kier alpha value is -1.59. The predicted molar refractivity (Wildman–Crippen MR) is 86.7 cm³/mol. The van der Waals surface area contributed by atoms with Gasteiger partial charge >= 0.3 is 6.03 Å². The second-order valence-electron chi connectivity index (χ2n) is 4.84. The van der Waals surface area contributed by atoms with Crippen LogP contribution in [0.2, 0.25) is 0 Å². The van der Waals surface area contributed by atoms with Crippen LogP contribution >= 0.6 is 0 Å². The van der Waals surface area contributed by atoms with Crippen LogP contribution in [-0.2, 0) is 4.74 Å². The zero-order valence-electron chi connectivity index (χ0n) is 13.2. The van der Waals surface area contributed by atoms with Crippen molar-refractivity contribution in [2.75, 3.05) is 31.6 Å². The highest BCUT2D eigenvalue weighted by Crippen LogP contribution is 2.17. The summed E-state index contributed by atoms with van der Waals surface area (Å²) in [7, 11) is 0. The van der Waals surface area contributed by atoms with E-state index in [0.29, 0.717) is 19.8 Å². The molecule has 0 aliphatic carbocycles. The molecule has 0 heterocycles. The number of carbonyl (C=O) groups is 1. The van der Waals surface area contributed by atoms with E-state index in [1.54, 1.807) is 0 Å². The minimum Gasteiger partial charge on any atom is -0.382 e. The third-order valence-electron chi connectivity index (χ3n) is 3.11. The summed E-state index contributed by atoms with van der Waals surface area (Å²) in [6, 6.07) is 7.98. The fourth-order valence-electron chi connectivity index (χ4n) is 2.01. The first-order valence-corrected chi connectivity index (χ1v) is 7.63. The number of hydrogen-bond acceptors (Lipinski definition) is 3. The van der Waals surface area contributed by atoms with Crippen LogP contribution in [0, 0.1) is 0 Å². The molecule has 0 saturated heterocycles. The van der Waals surface area contributed by atoms with Crippen molar-refractivity contribution < 1.29 is 9.53 Å². The maximum atomic E-state index is 11.8. The summed E-state index contributed by atoms with van der Waals surface area (Å²) >= 11 is 0. The molecular formula is C16H27N3O2. The van der Waals surface area contributed by atoms with Gasteiger partial charge in [0.1, 0.15) is 0 Å². The molecule has 1 aromatic rings. The van der Waals surface area contributed by atoms with Crippen LogP contribution in [0.3, 0.4) is 0 Å². The smallest absolute Gasteiger partial charge is 0.319 e. The Bertz CT molecular complexity index is 424. The molecule has 1 unspecified atom stereocenters. The lowest BCUT2D eigenvalue weighted by Gasteiger charge is -2.14. The molecule has 5 heteroatoms. The third kappa shape index (κ3) is 7.11. The molecule has 5 nitrogen and oxygen atoms in total. The summed E-state index contributed by atoms with van der Waals surface area (Å²) in [5.74, 6) is 0. The van der Waals surface area contributed by atoms with Crippen LogP contribution in [0.25, 0.3) is 0 Å². The van der Waals surface area contributed by atoms with Crippen LogP contribution in [0.15, 0.2) is 24.3 Å². The number of nitrogens with one attached hydrogen (secondary N) is 3. The van der Waals surface area contributed by atoms with E-state index in [1.165, 1.54) is 0 Å². The number of urea groups is 1. The van der Waals surface area contributed by atoms with E-state index in [4.69, 9.17) is 4.74 Å². The lowest BCUT2D eigenvalue weighted by molar-refractivity contribution is 0.145. The summed E-state index contributed by atoms with van der Waals surface area (Å²) in [6.45, 7) is 9.06. The predicted octanol–water partition coefficient (Wildman–Crippen LogP) is 2.91. The molecule has 0 spiro atoms. The molecule has 0 aliphatic rings. The molecular weight excluding hydrogens is 266 g/mol. The zero-order valence-corrected chi connectivity index (χ0v) is 13.2. The topological polar surface area (TPSA) is 62.4 Å². The maximum Gasteiger partial charge on any atom is 0.319 e. The number of benzene rings is 1. The molecule has 0 fully saturated rings. The van der Waals surface area contributed by atoms with E-state index < -0.39 is 0 Å². The van der Waals surface area contributed by atoms with Gasteiger partial charge in [-0.2, -0.15) is 0 Å². The van der Waals surface area contributed by atoms with Gasteiger partial charge in [0.05, 0.1) is 0 Å². The average molecular weight is 293 g/mol. The van der Waals surface area contributed by atoms with Crippen molar-refractivity contribution in [2.45, 2.75) is 33.2 Å². The highest BCUT2D eigenvalue weighted by atomic mass is 16.5. The van der Waals surface area contributed by atoms with Gasteiger partial charge in [-0.15, -0.1) is 0 Å². The fraction of sp³-hybridized carbons (Fsp3) is 0.562. The quantitative estimate of drug-likeness (QED) is 0.613. The SMILES string of the molecule is CCNC(C)c1cccc(NC(=O)NCCCOCC)c1. The van der Waals surface area contributed by atoms with Crippen LogP contribution in [0.4, 0.5) is 10.5 Å². The van der Waals surface area contributed by atoms with Gasteiger partial charge in [0.25, 0.3) is 0 Å². The molecule has 0 radical (unpaired) electrons. The summed E-state index contributed by atoms with van der Waals surface area (Å²) in [4.78, 5) is 11.8. The Labute approximate surface area is 127 Å². The Balaban J connectivity index is 2.40. The van der Waals surface area contributed by atoms with E-state index in [1.807, 2.05) is 25.1 Å². The Kier molecular flexibility index (Phi) is 8.47. The highest BCUT2D eigenvalue weighted by molar-refractivity contribution is 5.89. The Morgan fingerprint density at radius 3 is 2.86 bits per heavy atom. The van der Waals surface area contributed by atoms with Crippen molar-refractivity contribution in [1.29, 1.82) is 0 Å². The van der Waals surface area contributed by atoms with Gasteiger partial charge in [-0.3, -0.25) is 0 Å². The van der Waals surface area contributed by atoms with Gasteiger partial charge in [0, 0.05) is 31.5 Å². The van der Waals surface area contributed by atoms with Crippen molar-refractivity contribution in [3.05, 3.63) is 29.8 Å². The Morgan fingerprint density at radius 1 is 1.33 bits per heavy atom. The first-order valence-electron chi connectivity index (χ1n) is 7.63. The normalized spacial score (nSPS) is 12.0. The molecule has 2 amide bonds. The molecule has 0 saturated carbocycles. The first-order chi connectivity index (χ1) is 10.2. The second kappa shape index (κ2) is 10.2. The molecule has 0 aromatic heterocycles. The van der Waals surface area contributed by atoms with E-state index in [-0.39, 0.29) is 12.1 Å². The van der Waals surface area contributed by atoms with E-state index in [0.717, 1.165) is 24.2 Å². The standard InChI is InChI=1S/C16H27N3O2/c1-4-17-13(3)14-8-6-9-15(12-14)19-16(20)18-10-7-11-21-5-2/h6,8-9,12-13,17H,4-5,7,10-11H2,1-3H3,(H2,18,19,20). The summed E-state index contributed by atoms with van der Waals surface area (Å²) < 4.78 is 5.22. The van der Waals surface area contributed by atoms with Crippen LogP contribution in [0.1, 0.15) is 38.8 Å². The van der Waals surface area contributed by atoms with Gasteiger partial charge in [-0.05, 0) is 44.5 Å². The zero-order chi connectivity index (χ0) is 15.5. The average Bonchev–Trinajstić information content (AvgIpc) is 2.47. The van der Waals surface area contributed by atoms with Crippen LogP contribution < -0.4 is 16.0 Å². The molecule has 1 atom stereocenters. The minimum absolute atomic E-state index is 0.181. The van der Waals surface area contributed by atoms with E-state index >= 15 is 0 Å². The summed E-state index contributed by atoms with van der Waals surface area (Å²) in [5.41, 5.74) is 1.96. The lowest BCUT2D eigenvalue weighted by Crippen LogP contribution is -2.30. The highest BCUT2D eigenvalue weighted by Gasteiger charge is 2.06. The summed E-state index contributed by atoms with van der Waals surface area (Å²) in [6.07, 6.45) is 0.818. The molecule has 1 aromatic carbocycles.